The molecule has 7 heteroatoms. The Labute approximate surface area is 226 Å². The van der Waals surface area contributed by atoms with Gasteiger partial charge in [-0.05, 0) is 81.2 Å². The third kappa shape index (κ3) is 4.83. The number of ether oxygens (including phenoxy) is 3. The van der Waals surface area contributed by atoms with Gasteiger partial charge in [-0.2, -0.15) is 0 Å². The molecule has 0 aromatic heterocycles. The van der Waals surface area contributed by atoms with Crippen molar-refractivity contribution in [1.29, 1.82) is 0 Å². The SMILES string of the molecule is COc1cc2c(cc1N(C)C(=O)OC(C)(C)C)C[C@H]1C3CCCC[C@@]23CCN1C(=O)OCc1ccccc1. The van der Waals surface area contributed by atoms with Crippen LogP contribution in [0.3, 0.4) is 0 Å². The van der Waals surface area contributed by atoms with Gasteiger partial charge in [0.15, 0.2) is 0 Å². The Morgan fingerprint density at radius 2 is 1.87 bits per heavy atom. The fraction of sp³-hybridized carbons (Fsp3) is 0.548. The molecule has 7 nitrogen and oxygen atoms in total. The summed E-state index contributed by atoms with van der Waals surface area (Å²) in [5.41, 5.74) is 3.60. The molecule has 3 atom stereocenters. The molecule has 2 amide bonds. The highest BCUT2D eigenvalue weighted by atomic mass is 16.6. The van der Waals surface area contributed by atoms with Gasteiger partial charge in [-0.25, -0.2) is 9.59 Å². The largest absolute Gasteiger partial charge is 0.495 e. The Hall–Kier alpha value is -3.22. The number of rotatable bonds is 4. The minimum absolute atomic E-state index is 0.0169. The minimum atomic E-state index is -0.599. The van der Waals surface area contributed by atoms with Crippen LogP contribution < -0.4 is 9.64 Å². The molecule has 2 aliphatic carbocycles. The maximum absolute atomic E-state index is 13.4. The second-order valence-corrected chi connectivity index (χ2v) is 12.0. The zero-order valence-corrected chi connectivity index (χ0v) is 23.3. The summed E-state index contributed by atoms with van der Waals surface area (Å²) < 4.78 is 17.3. The Morgan fingerprint density at radius 1 is 1.11 bits per heavy atom. The molecule has 0 spiro atoms. The summed E-state index contributed by atoms with van der Waals surface area (Å²) in [5, 5.41) is 0. The molecule has 1 aliphatic heterocycles. The summed E-state index contributed by atoms with van der Waals surface area (Å²) in [7, 11) is 3.37. The average molecular weight is 521 g/mol. The van der Waals surface area contributed by atoms with E-state index in [0.717, 1.165) is 31.2 Å². The number of amides is 2. The molecule has 0 radical (unpaired) electrons. The number of carbonyl (C=O) groups excluding carboxylic acids is 2. The molecule has 2 aromatic carbocycles. The number of hydrogen-bond acceptors (Lipinski definition) is 5. The van der Waals surface area contributed by atoms with E-state index in [2.05, 4.69) is 12.1 Å². The lowest BCUT2D eigenvalue weighted by atomic mass is 9.52. The van der Waals surface area contributed by atoms with Crippen molar-refractivity contribution in [3.05, 3.63) is 59.2 Å². The van der Waals surface area contributed by atoms with Crippen molar-refractivity contribution >= 4 is 17.9 Å². The third-order valence-electron chi connectivity index (χ3n) is 8.60. The lowest BCUT2D eigenvalue weighted by Gasteiger charge is -2.58. The normalized spacial score (nSPS) is 24.1. The monoisotopic (exact) mass is 520 g/mol. The Bertz CT molecular complexity index is 1190. The number of benzene rings is 2. The van der Waals surface area contributed by atoms with Gasteiger partial charge in [0.25, 0.3) is 0 Å². The van der Waals surface area contributed by atoms with E-state index in [-0.39, 0.29) is 24.2 Å². The molecule has 5 rings (SSSR count). The van der Waals surface area contributed by atoms with Crippen molar-refractivity contribution < 1.29 is 23.8 Å². The molecule has 2 bridgehead atoms. The number of fused-ring (bicyclic) bond motifs is 1. The van der Waals surface area contributed by atoms with Crippen LogP contribution in [-0.2, 0) is 27.9 Å². The molecule has 38 heavy (non-hydrogen) atoms. The Kier molecular flexibility index (Phi) is 7.05. The Morgan fingerprint density at radius 3 is 2.58 bits per heavy atom. The first-order valence-electron chi connectivity index (χ1n) is 13.8. The van der Waals surface area contributed by atoms with Crippen molar-refractivity contribution in [2.75, 3.05) is 25.6 Å². The van der Waals surface area contributed by atoms with E-state index in [0.29, 0.717) is 23.9 Å². The van der Waals surface area contributed by atoms with Crippen LogP contribution >= 0.6 is 0 Å². The zero-order chi connectivity index (χ0) is 27.1. The highest BCUT2D eigenvalue weighted by molar-refractivity contribution is 5.89. The maximum Gasteiger partial charge on any atom is 0.414 e. The molecule has 2 fully saturated rings. The summed E-state index contributed by atoms with van der Waals surface area (Å²) in [6.07, 6.45) is 5.57. The van der Waals surface area contributed by atoms with E-state index in [4.69, 9.17) is 14.2 Å². The smallest absolute Gasteiger partial charge is 0.414 e. The number of anilines is 1. The van der Waals surface area contributed by atoms with Crippen molar-refractivity contribution in [2.45, 2.75) is 83.0 Å². The van der Waals surface area contributed by atoms with Gasteiger partial charge in [-0.1, -0.05) is 43.2 Å². The molecule has 1 heterocycles. The second kappa shape index (κ2) is 10.2. The lowest BCUT2D eigenvalue weighted by Crippen LogP contribution is -2.62. The molecule has 204 valence electrons. The van der Waals surface area contributed by atoms with E-state index in [1.807, 2.05) is 56.0 Å². The van der Waals surface area contributed by atoms with Gasteiger partial charge in [0.1, 0.15) is 18.0 Å². The van der Waals surface area contributed by atoms with E-state index < -0.39 is 11.7 Å². The maximum atomic E-state index is 13.4. The predicted molar refractivity (Wildman–Crippen MR) is 147 cm³/mol. The molecule has 2 aromatic rings. The fourth-order valence-corrected chi connectivity index (χ4v) is 6.91. The average Bonchev–Trinajstić information content (AvgIpc) is 2.90. The quantitative estimate of drug-likeness (QED) is 0.463. The fourth-order valence-electron chi connectivity index (χ4n) is 6.91. The van der Waals surface area contributed by atoms with Crippen LogP contribution in [0, 0.1) is 5.92 Å². The van der Waals surface area contributed by atoms with Crippen LogP contribution in [-0.4, -0.2) is 49.4 Å². The van der Waals surface area contributed by atoms with Crippen LogP contribution in [0.5, 0.6) is 5.75 Å². The van der Waals surface area contributed by atoms with Gasteiger partial charge >= 0.3 is 12.2 Å². The van der Waals surface area contributed by atoms with E-state index in [9.17, 15) is 9.59 Å². The van der Waals surface area contributed by atoms with Crippen LogP contribution in [0.15, 0.2) is 42.5 Å². The molecule has 1 saturated heterocycles. The van der Waals surface area contributed by atoms with Crippen LogP contribution in [0.2, 0.25) is 0 Å². The van der Waals surface area contributed by atoms with Crippen LogP contribution in [0.4, 0.5) is 15.3 Å². The van der Waals surface area contributed by atoms with Crippen LogP contribution in [0.25, 0.3) is 0 Å². The predicted octanol–water partition coefficient (Wildman–Crippen LogP) is 6.46. The number of hydrogen-bond donors (Lipinski definition) is 0. The number of carbonyl (C=O) groups is 2. The number of methoxy groups -OCH3 is 1. The van der Waals surface area contributed by atoms with Crippen molar-refractivity contribution in [3.8, 4) is 5.75 Å². The first-order valence-corrected chi connectivity index (χ1v) is 13.8. The molecule has 0 N–H and O–H groups in total. The van der Waals surface area contributed by atoms with Crippen molar-refractivity contribution in [2.24, 2.45) is 5.92 Å². The zero-order valence-electron chi connectivity index (χ0n) is 23.3. The summed E-state index contributed by atoms with van der Waals surface area (Å²) in [6, 6.07) is 14.1. The van der Waals surface area contributed by atoms with Gasteiger partial charge < -0.3 is 19.1 Å². The van der Waals surface area contributed by atoms with Gasteiger partial charge in [-0.15, -0.1) is 0 Å². The van der Waals surface area contributed by atoms with Crippen molar-refractivity contribution in [3.63, 3.8) is 0 Å². The third-order valence-corrected chi connectivity index (χ3v) is 8.60. The van der Waals surface area contributed by atoms with Gasteiger partial charge in [0.2, 0.25) is 0 Å². The minimum Gasteiger partial charge on any atom is -0.495 e. The number of piperidine rings is 1. The van der Waals surface area contributed by atoms with Gasteiger partial charge in [-0.3, -0.25) is 4.90 Å². The number of nitrogens with zero attached hydrogens (tertiary/aromatic N) is 2. The molecule has 1 unspecified atom stereocenters. The number of likely N-dealkylation sites (tertiary alicyclic amines) is 1. The topological polar surface area (TPSA) is 68.3 Å². The lowest BCUT2D eigenvalue weighted by molar-refractivity contribution is -0.0137. The van der Waals surface area contributed by atoms with Crippen LogP contribution in [0.1, 0.15) is 69.6 Å². The van der Waals surface area contributed by atoms with Gasteiger partial charge in [0, 0.05) is 25.0 Å². The van der Waals surface area contributed by atoms with E-state index >= 15 is 0 Å². The van der Waals surface area contributed by atoms with E-state index in [1.165, 1.54) is 28.9 Å². The Balaban J connectivity index is 1.46. The second-order valence-electron chi connectivity index (χ2n) is 12.0. The highest BCUT2D eigenvalue weighted by Gasteiger charge is 2.55. The first-order chi connectivity index (χ1) is 18.1. The standard InChI is InChI=1S/C31H40N2O5/c1-30(2,3)38-28(34)32(4)26-18-22-17-25-23-13-9-10-14-31(23,24(22)19-27(26)36-5)15-16-33(25)29(35)37-20-21-11-7-6-8-12-21/h6-8,11-12,18-19,23,25H,9-10,13-17,20H2,1-5H3/t23?,25-,31-/m0/s1. The van der Waals surface area contributed by atoms with Gasteiger partial charge in [0.05, 0.1) is 12.8 Å². The molecule has 1 saturated carbocycles. The summed E-state index contributed by atoms with van der Waals surface area (Å²) in [5.74, 6) is 1.07. The van der Waals surface area contributed by atoms with E-state index in [1.54, 1.807) is 14.2 Å². The molecule has 3 aliphatic rings. The molecular formula is C31H40N2O5. The summed E-state index contributed by atoms with van der Waals surface area (Å²) >= 11 is 0. The van der Waals surface area contributed by atoms with Crippen molar-refractivity contribution in [1.82, 2.24) is 4.90 Å². The highest BCUT2D eigenvalue weighted by Crippen LogP contribution is 2.57. The first kappa shape index (κ1) is 26.4. The molecular weight excluding hydrogens is 480 g/mol. The summed E-state index contributed by atoms with van der Waals surface area (Å²) in [6.45, 7) is 6.54. The summed E-state index contributed by atoms with van der Waals surface area (Å²) in [4.78, 5) is 29.8.